The summed E-state index contributed by atoms with van der Waals surface area (Å²) in [5.74, 6) is 1.39. The molecule has 3 aromatic carbocycles. The third-order valence-corrected chi connectivity index (χ3v) is 8.02. The number of amides is 1. The van der Waals surface area contributed by atoms with Crippen molar-refractivity contribution in [1.82, 2.24) is 4.90 Å². The molecule has 1 fully saturated rings. The van der Waals surface area contributed by atoms with E-state index >= 15 is 0 Å². The average Bonchev–Trinajstić information content (AvgIpc) is 3.22. The van der Waals surface area contributed by atoms with E-state index in [1.807, 2.05) is 54.2 Å². The van der Waals surface area contributed by atoms with E-state index in [1.165, 1.54) is 17.1 Å². The number of carboxylic acids is 1. The minimum Gasteiger partial charge on any atom is -0.481 e. The van der Waals surface area contributed by atoms with Gasteiger partial charge in [-0.05, 0) is 47.4 Å². The van der Waals surface area contributed by atoms with E-state index in [9.17, 15) is 9.59 Å². The average molecular weight is 579 g/mol. The number of nitrogens with zero attached hydrogens (tertiary/aromatic N) is 1. The summed E-state index contributed by atoms with van der Waals surface area (Å²) in [6.07, 6.45) is 0.544. The minimum atomic E-state index is -0.818. The summed E-state index contributed by atoms with van der Waals surface area (Å²) in [6.45, 7) is 3.18. The fraction of sp³-hybridized carbons (Fsp3) is 0.241. The van der Waals surface area contributed by atoms with E-state index in [0.29, 0.717) is 17.7 Å². The Kier molecular flexibility index (Phi) is 7.98. The second kappa shape index (κ2) is 11.5. The van der Waals surface area contributed by atoms with Gasteiger partial charge in [-0.25, -0.2) is 0 Å². The first-order valence-corrected chi connectivity index (χ1v) is 14.2. The topological polar surface area (TPSA) is 81.7 Å². The van der Waals surface area contributed by atoms with E-state index in [1.54, 1.807) is 0 Å². The Hall–Kier alpha value is -3.07. The molecule has 190 valence electrons. The minimum absolute atomic E-state index is 0.0822. The molecule has 3 aromatic rings. The second-order valence-electron chi connectivity index (χ2n) is 9.20. The zero-order valence-electron chi connectivity index (χ0n) is 20.3. The van der Waals surface area contributed by atoms with Crippen molar-refractivity contribution in [2.75, 3.05) is 35.2 Å². The van der Waals surface area contributed by atoms with Gasteiger partial charge in [0.1, 0.15) is 0 Å². The molecule has 0 radical (unpaired) electrons. The van der Waals surface area contributed by atoms with Crippen LogP contribution in [0, 0.1) is 0 Å². The molecular weight excluding hydrogens is 550 g/mol. The molecule has 8 heteroatoms. The first kappa shape index (κ1) is 25.6. The van der Waals surface area contributed by atoms with Crippen LogP contribution in [0.25, 0.3) is 11.3 Å². The number of carbonyl (C=O) groups is 2. The molecule has 0 saturated carbocycles. The van der Waals surface area contributed by atoms with Crippen LogP contribution in [0.5, 0.6) is 0 Å². The van der Waals surface area contributed by atoms with Gasteiger partial charge in [0.15, 0.2) is 0 Å². The van der Waals surface area contributed by atoms with Crippen LogP contribution in [0.15, 0.2) is 71.2 Å². The number of aliphatic carboxylic acids is 1. The zero-order chi connectivity index (χ0) is 25.8. The number of anilines is 2. The first-order chi connectivity index (χ1) is 18.0. The maximum Gasteiger partial charge on any atom is 0.303 e. The molecule has 1 amide bonds. The summed E-state index contributed by atoms with van der Waals surface area (Å²) in [6, 6.07) is 21.9. The van der Waals surface area contributed by atoms with Gasteiger partial charge in [0, 0.05) is 53.3 Å². The third-order valence-electron chi connectivity index (χ3n) is 6.58. The van der Waals surface area contributed by atoms with Crippen LogP contribution in [0.4, 0.5) is 11.4 Å². The largest absolute Gasteiger partial charge is 0.481 e. The van der Waals surface area contributed by atoms with Crippen molar-refractivity contribution in [1.29, 1.82) is 0 Å². The summed E-state index contributed by atoms with van der Waals surface area (Å²) in [7, 11) is 0. The highest BCUT2D eigenvalue weighted by atomic mass is 79.9. The van der Waals surface area contributed by atoms with Crippen LogP contribution in [0.1, 0.15) is 28.7 Å². The standard InChI is InChI=1S/C29H28BrN3O3S/c30-22-8-11-24-25(17-22)32-29(36)27(24)28(21-6-1-19(2-7-21)5-12-26(34)35)31-23-9-3-20(4-10-23)18-33-13-15-37-16-14-33/h1-4,6-11,17,31H,5,12-16,18H2,(H,32,36)(H,34,35)/b28-27-. The van der Waals surface area contributed by atoms with Crippen LogP contribution >= 0.6 is 27.7 Å². The predicted molar refractivity (Wildman–Crippen MR) is 155 cm³/mol. The number of thioether (sulfide) groups is 1. The molecule has 5 rings (SSSR count). The molecule has 3 N–H and O–H groups in total. The molecule has 0 unspecified atom stereocenters. The Labute approximate surface area is 229 Å². The van der Waals surface area contributed by atoms with Crippen molar-refractivity contribution in [3.63, 3.8) is 0 Å². The van der Waals surface area contributed by atoms with Crippen molar-refractivity contribution in [3.8, 4) is 0 Å². The van der Waals surface area contributed by atoms with E-state index in [0.717, 1.165) is 52.2 Å². The zero-order valence-corrected chi connectivity index (χ0v) is 22.7. The van der Waals surface area contributed by atoms with Gasteiger partial charge < -0.3 is 15.7 Å². The number of rotatable bonds is 8. The number of halogens is 1. The summed E-state index contributed by atoms with van der Waals surface area (Å²) in [4.78, 5) is 26.6. The first-order valence-electron chi connectivity index (χ1n) is 12.3. The van der Waals surface area contributed by atoms with Crippen molar-refractivity contribution in [2.45, 2.75) is 19.4 Å². The maximum absolute atomic E-state index is 13.2. The number of benzene rings is 3. The van der Waals surface area contributed by atoms with Gasteiger partial charge in [-0.1, -0.05) is 58.4 Å². The molecule has 0 spiro atoms. The van der Waals surface area contributed by atoms with Gasteiger partial charge in [-0.3, -0.25) is 14.5 Å². The quantitative estimate of drug-likeness (QED) is 0.287. The van der Waals surface area contributed by atoms with Gasteiger partial charge >= 0.3 is 5.97 Å². The number of fused-ring (bicyclic) bond motifs is 1. The van der Waals surface area contributed by atoms with Crippen LogP contribution < -0.4 is 10.6 Å². The fourth-order valence-electron chi connectivity index (χ4n) is 4.62. The monoisotopic (exact) mass is 577 g/mol. The summed E-state index contributed by atoms with van der Waals surface area (Å²) < 4.78 is 0.896. The van der Waals surface area contributed by atoms with Gasteiger partial charge in [0.05, 0.1) is 17.0 Å². The molecule has 6 nitrogen and oxygen atoms in total. The smallest absolute Gasteiger partial charge is 0.303 e. The number of nitrogens with one attached hydrogen (secondary N) is 2. The van der Waals surface area contributed by atoms with Crippen LogP contribution in [0.2, 0.25) is 0 Å². The van der Waals surface area contributed by atoms with Gasteiger partial charge in [-0.2, -0.15) is 11.8 Å². The number of aryl methyl sites for hydroxylation is 1. The molecule has 0 aliphatic carbocycles. The number of hydrogen-bond acceptors (Lipinski definition) is 5. The molecule has 0 atom stereocenters. The third kappa shape index (κ3) is 6.26. The highest BCUT2D eigenvalue weighted by molar-refractivity contribution is 9.10. The maximum atomic E-state index is 13.2. The molecular formula is C29H28BrN3O3S. The highest BCUT2D eigenvalue weighted by Gasteiger charge is 2.28. The molecule has 1 saturated heterocycles. The lowest BCUT2D eigenvalue weighted by molar-refractivity contribution is -0.137. The predicted octanol–water partition coefficient (Wildman–Crippen LogP) is 5.95. The summed E-state index contributed by atoms with van der Waals surface area (Å²) in [5.41, 5.74) is 6.86. The van der Waals surface area contributed by atoms with Gasteiger partial charge in [0.25, 0.3) is 5.91 Å². The van der Waals surface area contributed by atoms with Gasteiger partial charge in [0.2, 0.25) is 0 Å². The molecule has 0 aromatic heterocycles. The van der Waals surface area contributed by atoms with Crippen LogP contribution in [0.3, 0.4) is 0 Å². The molecule has 2 aliphatic rings. The van der Waals surface area contributed by atoms with Crippen molar-refractivity contribution >= 4 is 62.2 Å². The number of carboxylic acid groups (broad SMARTS) is 1. The molecule has 2 heterocycles. The van der Waals surface area contributed by atoms with Crippen molar-refractivity contribution in [3.05, 3.63) is 93.5 Å². The normalized spacial score (nSPS) is 16.7. The Bertz CT molecular complexity index is 1330. The number of hydrogen-bond donors (Lipinski definition) is 3. The van der Waals surface area contributed by atoms with E-state index in [2.05, 4.69) is 55.7 Å². The Morgan fingerprint density at radius 1 is 1.00 bits per heavy atom. The van der Waals surface area contributed by atoms with Crippen LogP contribution in [-0.2, 0) is 22.6 Å². The SMILES string of the molecule is O=C(O)CCc1ccc(/C(Nc2ccc(CN3CCSCC3)cc2)=C2/C(=O)Nc3cc(Br)ccc32)cc1. The molecule has 0 bridgehead atoms. The van der Waals surface area contributed by atoms with Crippen LogP contribution in [-0.4, -0.2) is 46.5 Å². The lowest BCUT2D eigenvalue weighted by Crippen LogP contribution is -2.31. The van der Waals surface area contributed by atoms with Crippen molar-refractivity contribution < 1.29 is 14.7 Å². The molecule has 37 heavy (non-hydrogen) atoms. The summed E-state index contributed by atoms with van der Waals surface area (Å²) in [5, 5.41) is 15.5. The van der Waals surface area contributed by atoms with E-state index in [4.69, 9.17) is 5.11 Å². The van der Waals surface area contributed by atoms with E-state index in [-0.39, 0.29) is 12.3 Å². The van der Waals surface area contributed by atoms with Crippen molar-refractivity contribution in [2.24, 2.45) is 0 Å². The second-order valence-corrected chi connectivity index (χ2v) is 11.3. The Balaban J connectivity index is 1.46. The Morgan fingerprint density at radius 3 is 2.41 bits per heavy atom. The lowest BCUT2D eigenvalue weighted by atomic mass is 9.98. The van der Waals surface area contributed by atoms with E-state index < -0.39 is 5.97 Å². The highest BCUT2D eigenvalue weighted by Crippen LogP contribution is 2.39. The van der Waals surface area contributed by atoms with Gasteiger partial charge in [-0.15, -0.1) is 0 Å². The number of carbonyl (C=O) groups excluding carboxylic acids is 1. The molecule has 2 aliphatic heterocycles. The fourth-order valence-corrected chi connectivity index (χ4v) is 5.96. The summed E-state index contributed by atoms with van der Waals surface area (Å²) >= 11 is 5.50. The Morgan fingerprint density at radius 2 is 1.70 bits per heavy atom. The lowest BCUT2D eigenvalue weighted by Gasteiger charge is -2.26.